The number of aliphatic hydroxyl groups is 1. The van der Waals surface area contributed by atoms with E-state index in [1.54, 1.807) is 0 Å². The van der Waals surface area contributed by atoms with E-state index in [0.717, 1.165) is 7.11 Å². The summed E-state index contributed by atoms with van der Waals surface area (Å²) in [5.41, 5.74) is 0. The van der Waals surface area contributed by atoms with Crippen LogP contribution in [0.25, 0.3) is 0 Å². The maximum atomic E-state index is 7.00. The molecule has 0 amide bonds. The highest BCUT2D eigenvalue weighted by molar-refractivity contribution is 4.22. The summed E-state index contributed by atoms with van der Waals surface area (Å²) >= 11 is 0. The molecule has 0 aromatic carbocycles. The van der Waals surface area contributed by atoms with Crippen LogP contribution in [-0.4, -0.2) is 12.2 Å². The zero-order chi connectivity index (χ0) is 6.71. The number of hydrogen-bond acceptors (Lipinski definition) is 1. The fourth-order valence-electron chi connectivity index (χ4n) is 0. The zero-order valence-corrected chi connectivity index (χ0v) is 5.57. The van der Waals surface area contributed by atoms with Crippen molar-refractivity contribution in [3.8, 4) is 0 Å². The Labute approximate surface area is 46.7 Å². The van der Waals surface area contributed by atoms with Crippen LogP contribution in [0, 0.1) is 0 Å². The van der Waals surface area contributed by atoms with E-state index >= 15 is 0 Å². The number of aliphatic hydroxyl groups excluding tert-OH is 1. The van der Waals surface area contributed by atoms with Crippen molar-refractivity contribution >= 4 is 0 Å². The van der Waals surface area contributed by atoms with Crippen LogP contribution in [-0.2, 0) is 0 Å². The van der Waals surface area contributed by atoms with Crippen molar-refractivity contribution < 1.29 is 5.11 Å². The highest BCUT2D eigenvalue weighted by Gasteiger charge is 1.35. The second-order valence-corrected chi connectivity index (χ2v) is 0.707. The summed E-state index contributed by atoms with van der Waals surface area (Å²) in [4.78, 5) is 0. The summed E-state index contributed by atoms with van der Waals surface area (Å²) in [6, 6.07) is 0. The van der Waals surface area contributed by atoms with E-state index in [0.29, 0.717) is 0 Å². The first-order chi connectivity index (χ1) is 3.41. The van der Waals surface area contributed by atoms with Gasteiger partial charge in [0.2, 0.25) is 0 Å². The van der Waals surface area contributed by atoms with Crippen LogP contribution in [0.3, 0.4) is 0 Å². The zero-order valence-electron chi connectivity index (χ0n) is 5.57. The minimum Gasteiger partial charge on any atom is -0.400 e. The van der Waals surface area contributed by atoms with E-state index in [1.807, 2.05) is 0 Å². The third-order valence-corrected chi connectivity index (χ3v) is 0. The Kier molecular flexibility index (Phi) is 584. The monoisotopic (exact) mass is 104 g/mol. The fraction of sp³-hybridized carbons (Fsp3) is 0.667. The summed E-state index contributed by atoms with van der Waals surface area (Å²) in [5.74, 6) is 0. The van der Waals surface area contributed by atoms with E-state index < -0.39 is 0 Å². The number of rotatable bonds is 0. The average molecular weight is 104 g/mol. The van der Waals surface area contributed by atoms with E-state index in [1.165, 1.54) is 6.42 Å². The van der Waals surface area contributed by atoms with Gasteiger partial charge in [-0.05, 0) is 0 Å². The van der Waals surface area contributed by atoms with Crippen molar-refractivity contribution in [2.45, 2.75) is 20.3 Å². The summed E-state index contributed by atoms with van der Waals surface area (Å²) < 4.78 is 0. The van der Waals surface area contributed by atoms with E-state index in [-0.39, 0.29) is 0 Å². The smallest absolute Gasteiger partial charge is 0.0319 e. The summed E-state index contributed by atoms with van der Waals surface area (Å²) in [6.45, 7) is 10.2. The SMILES string of the molecule is C=C.CCC.CO. The normalized spacial score (nSPS) is 4.00. The average Bonchev–Trinajstić information content (AvgIpc) is 1.78. The molecule has 0 saturated heterocycles. The Morgan fingerprint density at radius 1 is 1.14 bits per heavy atom. The molecule has 0 unspecified atom stereocenters. The van der Waals surface area contributed by atoms with Gasteiger partial charge in [0, 0.05) is 7.11 Å². The summed E-state index contributed by atoms with van der Waals surface area (Å²) in [7, 11) is 1.00. The van der Waals surface area contributed by atoms with Crippen LogP contribution in [0.4, 0.5) is 0 Å². The molecular weight excluding hydrogens is 88.1 g/mol. The Morgan fingerprint density at radius 2 is 1.14 bits per heavy atom. The first-order valence-electron chi connectivity index (χ1n) is 2.36. The quantitative estimate of drug-likeness (QED) is 0.465. The van der Waals surface area contributed by atoms with Gasteiger partial charge in [0.1, 0.15) is 0 Å². The Morgan fingerprint density at radius 3 is 1.14 bits per heavy atom. The molecule has 0 atom stereocenters. The van der Waals surface area contributed by atoms with Gasteiger partial charge in [-0.1, -0.05) is 20.3 Å². The van der Waals surface area contributed by atoms with Gasteiger partial charge in [-0.25, -0.2) is 0 Å². The standard InChI is InChI=1S/C3H8.C2H4.CH4O/c1-3-2;2*1-2/h3H2,1-2H3;1-2H2;2H,1H3. The molecule has 0 saturated carbocycles. The van der Waals surface area contributed by atoms with Crippen molar-refractivity contribution in [1.82, 2.24) is 0 Å². The molecule has 0 bridgehead atoms. The highest BCUT2D eigenvalue weighted by atomic mass is 16.2. The molecule has 0 aromatic heterocycles. The van der Waals surface area contributed by atoms with Gasteiger partial charge in [-0.3, -0.25) is 0 Å². The molecule has 0 aliphatic heterocycles. The van der Waals surface area contributed by atoms with E-state index in [4.69, 9.17) is 5.11 Å². The van der Waals surface area contributed by atoms with Gasteiger partial charge in [-0.2, -0.15) is 0 Å². The number of hydrogen-bond donors (Lipinski definition) is 1. The van der Waals surface area contributed by atoms with Gasteiger partial charge in [0.15, 0.2) is 0 Å². The first kappa shape index (κ1) is 15.9. The lowest BCUT2D eigenvalue weighted by Crippen LogP contribution is -1.27. The van der Waals surface area contributed by atoms with Crippen LogP contribution in [0.15, 0.2) is 13.2 Å². The second kappa shape index (κ2) is 257. The Hall–Kier alpha value is -0.300. The molecule has 0 aliphatic rings. The van der Waals surface area contributed by atoms with Crippen LogP contribution in [0.5, 0.6) is 0 Å². The Bertz CT molecular complexity index is 8.14. The van der Waals surface area contributed by atoms with Crippen LogP contribution >= 0.6 is 0 Å². The van der Waals surface area contributed by atoms with Gasteiger partial charge >= 0.3 is 0 Å². The van der Waals surface area contributed by atoms with Crippen molar-refractivity contribution in [3.63, 3.8) is 0 Å². The second-order valence-electron chi connectivity index (χ2n) is 0.707. The molecule has 0 radical (unpaired) electrons. The lowest BCUT2D eigenvalue weighted by Gasteiger charge is -1.48. The molecule has 0 aromatic rings. The predicted molar refractivity (Wildman–Crippen MR) is 35.4 cm³/mol. The van der Waals surface area contributed by atoms with Crippen molar-refractivity contribution in [2.24, 2.45) is 0 Å². The molecule has 0 heterocycles. The van der Waals surface area contributed by atoms with Crippen molar-refractivity contribution in [1.29, 1.82) is 0 Å². The van der Waals surface area contributed by atoms with Gasteiger partial charge in [-0.15, -0.1) is 13.2 Å². The first-order valence-corrected chi connectivity index (χ1v) is 2.36. The van der Waals surface area contributed by atoms with Crippen LogP contribution < -0.4 is 0 Å². The third-order valence-electron chi connectivity index (χ3n) is 0. The molecular formula is C6H16O. The fourth-order valence-corrected chi connectivity index (χ4v) is 0. The van der Waals surface area contributed by atoms with Crippen molar-refractivity contribution in [3.05, 3.63) is 13.2 Å². The van der Waals surface area contributed by atoms with Crippen molar-refractivity contribution in [2.75, 3.05) is 7.11 Å². The Balaban J connectivity index is -0.0000000360. The minimum absolute atomic E-state index is 1.00. The molecule has 1 N–H and O–H groups in total. The summed E-state index contributed by atoms with van der Waals surface area (Å²) in [6.07, 6.45) is 1.25. The maximum Gasteiger partial charge on any atom is 0.0319 e. The predicted octanol–water partition coefficient (Wildman–Crippen LogP) is 1.83. The summed E-state index contributed by atoms with van der Waals surface area (Å²) in [5, 5.41) is 7.00. The highest BCUT2D eigenvalue weighted by Crippen LogP contribution is 1.56. The molecule has 0 aliphatic carbocycles. The largest absolute Gasteiger partial charge is 0.400 e. The minimum atomic E-state index is 1.00. The lowest BCUT2D eigenvalue weighted by molar-refractivity contribution is 0.399. The van der Waals surface area contributed by atoms with Crippen LogP contribution in [0.1, 0.15) is 20.3 Å². The maximum absolute atomic E-state index is 7.00. The van der Waals surface area contributed by atoms with Gasteiger partial charge in [0.25, 0.3) is 0 Å². The molecule has 0 rings (SSSR count). The molecule has 1 nitrogen and oxygen atoms in total. The topological polar surface area (TPSA) is 20.2 Å². The van der Waals surface area contributed by atoms with Crippen LogP contribution in [0.2, 0.25) is 0 Å². The lowest BCUT2D eigenvalue weighted by atomic mass is 10.6. The molecule has 0 spiro atoms. The van der Waals surface area contributed by atoms with E-state index in [2.05, 4.69) is 27.0 Å². The molecule has 0 fully saturated rings. The van der Waals surface area contributed by atoms with Gasteiger partial charge in [0.05, 0.1) is 0 Å². The van der Waals surface area contributed by atoms with E-state index in [9.17, 15) is 0 Å². The third kappa shape index (κ3) is 867. The van der Waals surface area contributed by atoms with Gasteiger partial charge < -0.3 is 5.11 Å². The molecule has 7 heavy (non-hydrogen) atoms. The molecule has 46 valence electrons. The molecule has 1 heteroatoms.